The van der Waals surface area contributed by atoms with Gasteiger partial charge in [0.05, 0.1) is 0 Å². The summed E-state index contributed by atoms with van der Waals surface area (Å²) in [6, 6.07) is 7.95. The number of halogens is 1. The van der Waals surface area contributed by atoms with Crippen LogP contribution in [0, 0.1) is 0 Å². The van der Waals surface area contributed by atoms with Gasteiger partial charge in [-0.2, -0.15) is 0 Å². The smallest absolute Gasteiger partial charge is 0.194 e. The van der Waals surface area contributed by atoms with Crippen molar-refractivity contribution >= 4 is 22.6 Å². The number of rotatable bonds is 3. The molecule has 0 bridgehead atoms. The molecule has 2 rings (SSSR count). The molecule has 3 heteroatoms. The lowest BCUT2D eigenvalue weighted by Crippen LogP contribution is -2.10. The van der Waals surface area contributed by atoms with E-state index < -0.39 is 0 Å². The topological polar surface area (TPSA) is 25.2 Å². The molecule has 2 aromatic rings. The molecular formula is C11H12ClNO. The Labute approximate surface area is 87.9 Å². The highest BCUT2D eigenvalue weighted by Crippen LogP contribution is 2.25. The van der Waals surface area contributed by atoms with Gasteiger partial charge in [0.15, 0.2) is 5.22 Å². The zero-order valence-electron chi connectivity index (χ0n) is 8.01. The number of hydrogen-bond acceptors (Lipinski definition) is 2. The van der Waals surface area contributed by atoms with E-state index in [2.05, 4.69) is 11.4 Å². The number of benzene rings is 1. The van der Waals surface area contributed by atoms with Gasteiger partial charge >= 0.3 is 0 Å². The molecule has 14 heavy (non-hydrogen) atoms. The summed E-state index contributed by atoms with van der Waals surface area (Å²) >= 11 is 5.81. The Balaban J connectivity index is 2.42. The normalized spacial score (nSPS) is 11.0. The molecule has 0 unspecified atom stereocenters. The first-order chi connectivity index (χ1) is 6.81. The Morgan fingerprint density at radius 3 is 3.07 bits per heavy atom. The van der Waals surface area contributed by atoms with Crippen molar-refractivity contribution in [2.45, 2.75) is 6.42 Å². The van der Waals surface area contributed by atoms with Crippen LogP contribution < -0.4 is 5.32 Å². The summed E-state index contributed by atoms with van der Waals surface area (Å²) in [5, 5.41) is 4.64. The predicted molar refractivity (Wildman–Crippen MR) is 58.9 cm³/mol. The van der Waals surface area contributed by atoms with Gasteiger partial charge in [0.1, 0.15) is 5.58 Å². The number of furan rings is 1. The molecule has 74 valence electrons. The van der Waals surface area contributed by atoms with Crippen LogP contribution in [0.25, 0.3) is 11.0 Å². The van der Waals surface area contributed by atoms with Gasteiger partial charge in [0, 0.05) is 11.5 Å². The van der Waals surface area contributed by atoms with Gasteiger partial charge < -0.3 is 9.73 Å². The Kier molecular flexibility index (Phi) is 2.75. The molecule has 0 saturated heterocycles. The third-order valence-corrected chi connectivity index (χ3v) is 2.43. The van der Waals surface area contributed by atoms with Gasteiger partial charge in [-0.1, -0.05) is 18.2 Å². The minimum atomic E-state index is 0.455. The van der Waals surface area contributed by atoms with Gasteiger partial charge in [-0.05, 0) is 37.2 Å². The zero-order valence-corrected chi connectivity index (χ0v) is 8.77. The molecule has 1 heterocycles. The molecule has 2 nitrogen and oxygen atoms in total. The summed E-state index contributed by atoms with van der Waals surface area (Å²) in [6.45, 7) is 0.942. The second kappa shape index (κ2) is 4.03. The van der Waals surface area contributed by atoms with E-state index in [1.807, 2.05) is 25.2 Å². The molecule has 1 aromatic carbocycles. The summed E-state index contributed by atoms with van der Waals surface area (Å²) in [5.74, 6) is 0. The molecule has 0 fully saturated rings. The fourth-order valence-electron chi connectivity index (χ4n) is 1.55. The Hall–Kier alpha value is -0.990. The number of likely N-dealkylation sites (N-methyl/N-ethyl adjacent to an activating group) is 1. The molecule has 0 radical (unpaired) electrons. The standard InChI is InChI=1S/C11H12ClNO/c1-13-6-5-8-3-2-4-9-7-10(12)14-11(8)9/h2-4,7,13H,5-6H2,1H3. The summed E-state index contributed by atoms with van der Waals surface area (Å²) in [5.41, 5.74) is 2.11. The first kappa shape index (κ1) is 9.56. The predicted octanol–water partition coefficient (Wildman–Crippen LogP) is 2.85. The van der Waals surface area contributed by atoms with Crippen LogP contribution in [-0.4, -0.2) is 13.6 Å². The van der Waals surface area contributed by atoms with Crippen molar-refractivity contribution in [1.29, 1.82) is 0 Å². The quantitative estimate of drug-likeness (QED) is 0.841. The highest BCUT2D eigenvalue weighted by Gasteiger charge is 2.05. The Bertz CT molecular complexity index is 436. The summed E-state index contributed by atoms with van der Waals surface area (Å²) in [6.07, 6.45) is 0.956. The van der Waals surface area contributed by atoms with E-state index >= 15 is 0 Å². The SMILES string of the molecule is CNCCc1cccc2cc(Cl)oc12. The second-order valence-corrected chi connectivity index (χ2v) is 3.61. The number of fused-ring (bicyclic) bond motifs is 1. The third-order valence-electron chi connectivity index (χ3n) is 2.24. The van der Waals surface area contributed by atoms with Gasteiger partial charge in [-0.25, -0.2) is 0 Å². The van der Waals surface area contributed by atoms with E-state index in [1.54, 1.807) is 0 Å². The van der Waals surface area contributed by atoms with Crippen LogP contribution in [-0.2, 0) is 6.42 Å². The van der Waals surface area contributed by atoms with Crippen LogP contribution in [0.4, 0.5) is 0 Å². The van der Waals surface area contributed by atoms with Crippen LogP contribution in [0.5, 0.6) is 0 Å². The molecule has 0 saturated carbocycles. The van der Waals surface area contributed by atoms with Crippen molar-refractivity contribution in [1.82, 2.24) is 5.32 Å². The largest absolute Gasteiger partial charge is 0.444 e. The van der Waals surface area contributed by atoms with Crippen LogP contribution >= 0.6 is 11.6 Å². The third kappa shape index (κ3) is 1.76. The lowest BCUT2D eigenvalue weighted by molar-refractivity contribution is 0.611. The molecule has 0 spiro atoms. The van der Waals surface area contributed by atoms with E-state index in [-0.39, 0.29) is 0 Å². The highest BCUT2D eigenvalue weighted by molar-refractivity contribution is 6.29. The van der Waals surface area contributed by atoms with E-state index in [1.165, 1.54) is 5.56 Å². The van der Waals surface area contributed by atoms with Crippen LogP contribution in [0.2, 0.25) is 5.22 Å². The maximum Gasteiger partial charge on any atom is 0.194 e. The minimum absolute atomic E-state index is 0.455. The average Bonchev–Trinajstić information content (AvgIpc) is 2.55. The summed E-state index contributed by atoms with van der Waals surface area (Å²) in [7, 11) is 1.94. The fraction of sp³-hybridized carbons (Fsp3) is 0.273. The summed E-state index contributed by atoms with van der Waals surface area (Å²) in [4.78, 5) is 0. The molecule has 0 atom stereocenters. The summed E-state index contributed by atoms with van der Waals surface area (Å²) < 4.78 is 5.43. The maximum absolute atomic E-state index is 5.81. The zero-order chi connectivity index (χ0) is 9.97. The minimum Gasteiger partial charge on any atom is -0.444 e. The van der Waals surface area contributed by atoms with Gasteiger partial charge in [-0.3, -0.25) is 0 Å². The molecule has 1 aromatic heterocycles. The van der Waals surface area contributed by atoms with Gasteiger partial charge in [0.25, 0.3) is 0 Å². The Morgan fingerprint density at radius 2 is 2.29 bits per heavy atom. The van der Waals surface area contributed by atoms with Crippen molar-refractivity contribution in [3.05, 3.63) is 35.0 Å². The molecule has 0 amide bonds. The van der Waals surface area contributed by atoms with Crippen molar-refractivity contribution in [3.8, 4) is 0 Å². The van der Waals surface area contributed by atoms with Gasteiger partial charge in [0.2, 0.25) is 0 Å². The first-order valence-corrected chi connectivity index (χ1v) is 5.00. The van der Waals surface area contributed by atoms with E-state index in [0.29, 0.717) is 5.22 Å². The number of hydrogen-bond donors (Lipinski definition) is 1. The van der Waals surface area contributed by atoms with Gasteiger partial charge in [-0.15, -0.1) is 0 Å². The maximum atomic E-state index is 5.81. The first-order valence-electron chi connectivity index (χ1n) is 4.63. The average molecular weight is 210 g/mol. The molecule has 0 aliphatic heterocycles. The molecule has 1 N–H and O–H groups in total. The lowest BCUT2D eigenvalue weighted by Gasteiger charge is -2.00. The van der Waals surface area contributed by atoms with E-state index in [0.717, 1.165) is 23.9 Å². The van der Waals surface area contributed by atoms with E-state index in [9.17, 15) is 0 Å². The second-order valence-electron chi connectivity index (χ2n) is 3.24. The van der Waals surface area contributed by atoms with Crippen LogP contribution in [0.3, 0.4) is 0 Å². The molecule has 0 aliphatic carbocycles. The van der Waals surface area contributed by atoms with Crippen molar-refractivity contribution < 1.29 is 4.42 Å². The van der Waals surface area contributed by atoms with Crippen molar-refractivity contribution in [2.24, 2.45) is 0 Å². The fourth-order valence-corrected chi connectivity index (χ4v) is 1.74. The molecular weight excluding hydrogens is 198 g/mol. The number of nitrogens with one attached hydrogen (secondary N) is 1. The van der Waals surface area contributed by atoms with Crippen molar-refractivity contribution in [3.63, 3.8) is 0 Å². The lowest BCUT2D eigenvalue weighted by atomic mass is 10.1. The van der Waals surface area contributed by atoms with Crippen molar-refractivity contribution in [2.75, 3.05) is 13.6 Å². The number of para-hydroxylation sites is 1. The van der Waals surface area contributed by atoms with Crippen LogP contribution in [0.15, 0.2) is 28.7 Å². The monoisotopic (exact) mass is 209 g/mol. The highest BCUT2D eigenvalue weighted by atomic mass is 35.5. The molecule has 0 aliphatic rings. The Morgan fingerprint density at radius 1 is 1.43 bits per heavy atom. The van der Waals surface area contributed by atoms with Crippen LogP contribution in [0.1, 0.15) is 5.56 Å². The van der Waals surface area contributed by atoms with E-state index in [4.69, 9.17) is 16.0 Å².